The number of aryl methyl sites for hydroxylation is 1. The molecule has 2 aliphatic carbocycles. The molecule has 0 aromatic heterocycles. The van der Waals surface area contributed by atoms with E-state index < -0.39 is 47.9 Å². The first-order valence-electron chi connectivity index (χ1n) is 14.0. The number of imide groups is 1. The molecule has 2 aromatic rings. The van der Waals surface area contributed by atoms with Gasteiger partial charge in [-0.3, -0.25) is 14.4 Å². The zero-order chi connectivity index (χ0) is 30.0. The number of aliphatic carboxylic acids is 1. The summed E-state index contributed by atoms with van der Waals surface area (Å²) in [6, 6.07) is 10.2. The number of urea groups is 1. The fraction of sp³-hybridized carbons (Fsp3) is 0.433. The molecule has 3 aliphatic rings. The Hall–Kier alpha value is -4.48. The van der Waals surface area contributed by atoms with Crippen LogP contribution in [0.2, 0.25) is 0 Å². The van der Waals surface area contributed by atoms with Gasteiger partial charge in [0.25, 0.3) is 5.91 Å². The smallest absolute Gasteiger partial charge is 0.418 e. The predicted molar refractivity (Wildman–Crippen MR) is 148 cm³/mol. The summed E-state index contributed by atoms with van der Waals surface area (Å²) in [5.41, 5.74) is 0.973. The van der Waals surface area contributed by atoms with Gasteiger partial charge in [0.05, 0.1) is 0 Å². The molecule has 1 spiro atoms. The fourth-order valence-electron chi connectivity index (χ4n) is 6.27. The quantitative estimate of drug-likeness (QED) is 0.431. The zero-order valence-electron chi connectivity index (χ0n) is 23.2. The first-order chi connectivity index (χ1) is 20.1. The number of amides is 5. The van der Waals surface area contributed by atoms with Crippen LogP contribution in [0.3, 0.4) is 0 Å². The molecule has 5 amide bonds. The van der Waals surface area contributed by atoms with Crippen LogP contribution in [0, 0.1) is 11.7 Å². The highest BCUT2D eigenvalue weighted by Gasteiger charge is 2.58. The van der Waals surface area contributed by atoms with E-state index in [1.165, 1.54) is 19.2 Å². The second-order valence-corrected chi connectivity index (χ2v) is 11.1. The highest BCUT2D eigenvalue weighted by molar-refractivity contribution is 6.06. The third kappa shape index (κ3) is 5.79. The van der Waals surface area contributed by atoms with Crippen LogP contribution in [0.1, 0.15) is 55.2 Å². The van der Waals surface area contributed by atoms with Crippen LogP contribution in [0.5, 0.6) is 0 Å². The van der Waals surface area contributed by atoms with Gasteiger partial charge >= 0.3 is 18.1 Å². The monoisotopic (exact) mass is 580 g/mol. The molecule has 3 N–H and O–H groups in total. The number of hydrogen-bond acceptors (Lipinski definition) is 6. The Morgan fingerprint density at radius 1 is 1.10 bits per heavy atom. The van der Waals surface area contributed by atoms with E-state index >= 15 is 0 Å². The van der Waals surface area contributed by atoms with Crippen molar-refractivity contribution in [1.82, 2.24) is 15.1 Å². The number of nitrogens with one attached hydrogen (secondary N) is 2. The molecule has 0 bridgehead atoms. The summed E-state index contributed by atoms with van der Waals surface area (Å²) in [6.45, 7) is -0.360. The van der Waals surface area contributed by atoms with Gasteiger partial charge in [0.1, 0.15) is 12.4 Å². The molecule has 12 heteroatoms. The van der Waals surface area contributed by atoms with Crippen molar-refractivity contribution in [3.63, 3.8) is 0 Å². The molecule has 1 aliphatic heterocycles. The van der Waals surface area contributed by atoms with Crippen molar-refractivity contribution in [3.8, 4) is 0 Å². The van der Waals surface area contributed by atoms with Gasteiger partial charge < -0.3 is 25.4 Å². The molecule has 2 fully saturated rings. The number of carboxylic acid groups (broad SMARTS) is 1. The molecule has 222 valence electrons. The van der Waals surface area contributed by atoms with E-state index in [0.717, 1.165) is 10.5 Å². The van der Waals surface area contributed by atoms with Crippen molar-refractivity contribution >= 4 is 35.6 Å². The summed E-state index contributed by atoms with van der Waals surface area (Å²) in [5, 5.41) is 14.3. The van der Waals surface area contributed by atoms with E-state index in [1.807, 2.05) is 0 Å². The lowest BCUT2D eigenvalue weighted by molar-refractivity contribution is -0.143. The van der Waals surface area contributed by atoms with Crippen LogP contribution < -0.4 is 10.6 Å². The maximum Gasteiger partial charge on any atom is 0.418 e. The van der Waals surface area contributed by atoms with Crippen molar-refractivity contribution in [1.29, 1.82) is 0 Å². The summed E-state index contributed by atoms with van der Waals surface area (Å²) >= 11 is 0. The summed E-state index contributed by atoms with van der Waals surface area (Å²) in [6.07, 6.45) is 2.24. The predicted octanol–water partition coefficient (Wildman–Crippen LogP) is 3.76. The number of carboxylic acids is 1. The number of anilines is 1. The topological polar surface area (TPSA) is 145 Å². The highest BCUT2D eigenvalue weighted by Crippen LogP contribution is 2.46. The van der Waals surface area contributed by atoms with Gasteiger partial charge in [0.2, 0.25) is 11.5 Å². The number of halogens is 1. The Morgan fingerprint density at radius 3 is 2.48 bits per heavy atom. The SMILES string of the molecule is CNC(=O)Nc1ccc2c(c1)CCC21OC(=O)N(CC(=O)N(Cc2ccc(F)cc2)C2CCC(CC(=O)O)CC2)C1=O. The second kappa shape index (κ2) is 11.8. The van der Waals surface area contributed by atoms with Crippen molar-refractivity contribution in [3.05, 3.63) is 65.0 Å². The second-order valence-electron chi connectivity index (χ2n) is 11.1. The molecule has 2 aromatic carbocycles. The number of rotatable bonds is 8. The van der Waals surface area contributed by atoms with E-state index in [1.54, 1.807) is 35.2 Å². The maximum atomic E-state index is 13.8. The van der Waals surface area contributed by atoms with Gasteiger partial charge in [-0.05, 0) is 73.4 Å². The van der Waals surface area contributed by atoms with Gasteiger partial charge in [0, 0.05) is 43.7 Å². The van der Waals surface area contributed by atoms with Crippen LogP contribution >= 0.6 is 0 Å². The first-order valence-corrected chi connectivity index (χ1v) is 14.0. The third-order valence-electron chi connectivity index (χ3n) is 8.44. The normalized spacial score (nSPS) is 23.0. The number of carbonyl (C=O) groups excluding carboxylic acids is 4. The summed E-state index contributed by atoms with van der Waals surface area (Å²) < 4.78 is 19.2. The minimum absolute atomic E-state index is 0.0195. The number of hydrogen-bond donors (Lipinski definition) is 3. The number of benzene rings is 2. The Kier molecular flexibility index (Phi) is 8.15. The molecule has 5 rings (SSSR count). The Bertz CT molecular complexity index is 1410. The van der Waals surface area contributed by atoms with Gasteiger partial charge in [-0.2, -0.15) is 0 Å². The van der Waals surface area contributed by atoms with Crippen LogP contribution in [-0.4, -0.2) is 64.4 Å². The molecule has 1 saturated carbocycles. The molecular formula is C30H33FN4O7. The largest absolute Gasteiger partial charge is 0.481 e. The lowest BCUT2D eigenvalue weighted by Gasteiger charge is -2.37. The molecule has 1 atom stereocenters. The van der Waals surface area contributed by atoms with E-state index in [0.29, 0.717) is 48.9 Å². The zero-order valence-corrected chi connectivity index (χ0v) is 23.2. The molecule has 42 heavy (non-hydrogen) atoms. The fourth-order valence-corrected chi connectivity index (χ4v) is 6.27. The average Bonchev–Trinajstić information content (AvgIpc) is 3.44. The van der Waals surface area contributed by atoms with Crippen molar-refractivity contribution in [2.24, 2.45) is 5.92 Å². The number of ether oxygens (including phenoxy) is 1. The van der Waals surface area contributed by atoms with Crippen molar-refractivity contribution in [2.45, 2.75) is 63.1 Å². The summed E-state index contributed by atoms with van der Waals surface area (Å²) in [5.74, 6) is -2.31. The van der Waals surface area contributed by atoms with Crippen LogP contribution in [0.15, 0.2) is 42.5 Å². The van der Waals surface area contributed by atoms with Gasteiger partial charge in [0.15, 0.2) is 0 Å². The number of nitrogens with zero attached hydrogens (tertiary/aromatic N) is 2. The lowest BCUT2D eigenvalue weighted by Crippen LogP contribution is -2.48. The maximum absolute atomic E-state index is 13.8. The van der Waals surface area contributed by atoms with Gasteiger partial charge in [-0.15, -0.1) is 0 Å². The molecule has 1 saturated heterocycles. The van der Waals surface area contributed by atoms with E-state index in [4.69, 9.17) is 9.84 Å². The Balaban J connectivity index is 1.33. The van der Waals surface area contributed by atoms with Crippen molar-refractivity contribution in [2.75, 3.05) is 18.9 Å². The van der Waals surface area contributed by atoms with Crippen LogP contribution in [0.4, 0.5) is 19.7 Å². The standard InChI is InChI=1S/C30H33FN4O7/c1-32-28(40)33-22-8-11-24-20(15-22)12-13-30(24)27(39)35(29(41)42-30)17-25(36)34(16-19-2-6-21(31)7-3-19)23-9-4-18(5-10-23)14-26(37)38/h2-3,6-8,11,15,18,23H,4-5,9-10,12-14,16-17H2,1H3,(H,37,38)(H2,32,33,40). The average molecular weight is 581 g/mol. The Morgan fingerprint density at radius 2 is 1.81 bits per heavy atom. The summed E-state index contributed by atoms with van der Waals surface area (Å²) in [4.78, 5) is 65.8. The first kappa shape index (κ1) is 29.0. The summed E-state index contributed by atoms with van der Waals surface area (Å²) in [7, 11) is 1.50. The molecule has 0 radical (unpaired) electrons. The molecule has 11 nitrogen and oxygen atoms in total. The number of fused-ring (bicyclic) bond motifs is 2. The lowest BCUT2D eigenvalue weighted by atomic mass is 9.83. The molecule has 1 unspecified atom stereocenters. The van der Waals surface area contributed by atoms with E-state index in [9.17, 15) is 28.4 Å². The van der Waals surface area contributed by atoms with Crippen molar-refractivity contribution < 1.29 is 38.2 Å². The molecule has 1 heterocycles. The number of carbonyl (C=O) groups is 5. The van der Waals surface area contributed by atoms with Crippen LogP contribution in [0.25, 0.3) is 0 Å². The van der Waals surface area contributed by atoms with Gasteiger partial charge in [-0.1, -0.05) is 18.2 Å². The molecular weight excluding hydrogens is 547 g/mol. The minimum atomic E-state index is -1.53. The van der Waals surface area contributed by atoms with Crippen LogP contribution in [-0.2, 0) is 37.7 Å². The van der Waals surface area contributed by atoms with Gasteiger partial charge in [-0.25, -0.2) is 18.9 Å². The van der Waals surface area contributed by atoms with E-state index in [-0.39, 0.29) is 31.3 Å². The third-order valence-corrected chi connectivity index (χ3v) is 8.44. The highest BCUT2D eigenvalue weighted by atomic mass is 19.1. The minimum Gasteiger partial charge on any atom is -0.481 e. The van der Waals surface area contributed by atoms with E-state index in [2.05, 4.69) is 10.6 Å². The Labute approximate surface area is 242 Å².